The summed E-state index contributed by atoms with van der Waals surface area (Å²) in [6.07, 6.45) is -4.88. The number of hydrogen-bond donors (Lipinski definition) is 3. The molecule has 2 aliphatic rings. The van der Waals surface area contributed by atoms with E-state index in [9.17, 15) is 15.0 Å². The van der Waals surface area contributed by atoms with Crippen molar-refractivity contribution >= 4 is 5.97 Å². The first-order valence-electron chi connectivity index (χ1n) is 3.98. The molecule has 0 saturated carbocycles. The molecule has 5 atom stereocenters. The van der Waals surface area contributed by atoms with Crippen molar-refractivity contribution < 1.29 is 29.6 Å². The summed E-state index contributed by atoms with van der Waals surface area (Å²) in [6.45, 7) is -0.363. The molecule has 0 bridgehead atoms. The van der Waals surface area contributed by atoms with Crippen molar-refractivity contribution in [1.82, 2.24) is 0 Å². The van der Waals surface area contributed by atoms with Crippen molar-refractivity contribution in [2.45, 2.75) is 30.5 Å². The second kappa shape index (κ2) is 2.91. The van der Waals surface area contributed by atoms with Crippen LogP contribution in [0.3, 0.4) is 0 Å². The van der Waals surface area contributed by atoms with Crippen molar-refractivity contribution in [2.24, 2.45) is 0 Å². The minimum Gasteiger partial charge on any atom is -0.455 e. The molecule has 0 spiro atoms. The first-order valence-corrected chi connectivity index (χ1v) is 3.98. The summed E-state index contributed by atoms with van der Waals surface area (Å²) >= 11 is 0. The van der Waals surface area contributed by atoms with Gasteiger partial charge in [-0.3, -0.25) is 0 Å². The van der Waals surface area contributed by atoms with Gasteiger partial charge in [-0.25, -0.2) is 4.79 Å². The Labute approximate surface area is 73.7 Å². The van der Waals surface area contributed by atoms with E-state index in [1.54, 1.807) is 0 Å². The summed E-state index contributed by atoms with van der Waals surface area (Å²) in [4.78, 5) is 10.8. The average Bonchev–Trinajstić information content (AvgIpc) is 2.56. The molecule has 2 saturated heterocycles. The Balaban J connectivity index is 2.14. The fourth-order valence-electron chi connectivity index (χ4n) is 1.65. The van der Waals surface area contributed by atoms with Crippen LogP contribution in [-0.2, 0) is 14.3 Å². The van der Waals surface area contributed by atoms with Gasteiger partial charge >= 0.3 is 5.97 Å². The highest BCUT2D eigenvalue weighted by Gasteiger charge is 2.56. The van der Waals surface area contributed by atoms with E-state index in [1.807, 2.05) is 0 Å². The molecule has 2 aliphatic heterocycles. The summed E-state index contributed by atoms with van der Waals surface area (Å²) in [5.74, 6) is -0.787. The lowest BCUT2D eigenvalue weighted by atomic mass is 10.1. The van der Waals surface area contributed by atoms with Crippen LogP contribution in [0.2, 0.25) is 0 Å². The fourth-order valence-corrected chi connectivity index (χ4v) is 1.65. The molecule has 0 aromatic carbocycles. The molecule has 0 aliphatic carbocycles. The predicted molar refractivity (Wildman–Crippen MR) is 37.6 cm³/mol. The number of ether oxygens (including phenoxy) is 2. The molecule has 74 valence electrons. The fraction of sp³-hybridized carbons (Fsp3) is 0.857. The van der Waals surface area contributed by atoms with Crippen LogP contribution in [0.15, 0.2) is 0 Å². The third-order valence-electron chi connectivity index (χ3n) is 2.36. The predicted octanol–water partition coefficient (Wildman–Crippen LogP) is -2.61. The SMILES string of the molecule is O=C1OC2C(O)C(CO)OC2C1O. The zero-order valence-electron chi connectivity index (χ0n) is 6.66. The third-order valence-corrected chi connectivity index (χ3v) is 2.36. The van der Waals surface area contributed by atoms with E-state index in [0.717, 1.165) is 0 Å². The normalized spacial score (nSPS) is 49.2. The van der Waals surface area contributed by atoms with Gasteiger partial charge < -0.3 is 24.8 Å². The van der Waals surface area contributed by atoms with Gasteiger partial charge in [-0.15, -0.1) is 0 Å². The maximum absolute atomic E-state index is 10.8. The number of aliphatic hydroxyl groups excluding tert-OH is 3. The lowest BCUT2D eigenvalue weighted by Gasteiger charge is -2.13. The molecule has 2 heterocycles. The number of hydrogen-bond acceptors (Lipinski definition) is 6. The lowest BCUT2D eigenvalue weighted by molar-refractivity contribution is -0.153. The van der Waals surface area contributed by atoms with Gasteiger partial charge in [-0.05, 0) is 0 Å². The number of aliphatic hydroxyl groups is 3. The Hall–Kier alpha value is -0.690. The van der Waals surface area contributed by atoms with E-state index in [4.69, 9.17) is 9.84 Å². The Morgan fingerprint density at radius 2 is 2.00 bits per heavy atom. The van der Waals surface area contributed by atoms with Crippen molar-refractivity contribution in [3.05, 3.63) is 0 Å². The first-order chi connectivity index (χ1) is 6.15. The number of carbonyl (C=O) groups excluding carboxylic acids is 1. The van der Waals surface area contributed by atoms with E-state index in [0.29, 0.717) is 0 Å². The largest absolute Gasteiger partial charge is 0.455 e. The van der Waals surface area contributed by atoms with E-state index < -0.39 is 36.5 Å². The first kappa shape index (κ1) is 8.89. The molecule has 2 fully saturated rings. The molecule has 6 nitrogen and oxygen atoms in total. The van der Waals surface area contributed by atoms with Crippen LogP contribution in [0, 0.1) is 0 Å². The molecule has 2 rings (SSSR count). The topological polar surface area (TPSA) is 96.2 Å². The molecule has 0 aromatic rings. The Kier molecular flexibility index (Phi) is 1.99. The highest BCUT2D eigenvalue weighted by molar-refractivity contribution is 5.78. The summed E-state index contributed by atoms with van der Waals surface area (Å²) in [7, 11) is 0. The van der Waals surface area contributed by atoms with Gasteiger partial charge in [0.2, 0.25) is 0 Å². The molecule has 13 heavy (non-hydrogen) atoms. The van der Waals surface area contributed by atoms with Crippen molar-refractivity contribution in [2.75, 3.05) is 6.61 Å². The van der Waals surface area contributed by atoms with E-state index in [1.165, 1.54) is 0 Å². The van der Waals surface area contributed by atoms with Crippen LogP contribution in [0.1, 0.15) is 0 Å². The van der Waals surface area contributed by atoms with Crippen LogP contribution in [0.4, 0.5) is 0 Å². The minimum atomic E-state index is -1.35. The molecule has 0 amide bonds. The maximum atomic E-state index is 10.8. The highest BCUT2D eigenvalue weighted by Crippen LogP contribution is 2.31. The number of carbonyl (C=O) groups is 1. The number of fused-ring (bicyclic) bond motifs is 1. The Bertz CT molecular complexity index is 229. The summed E-state index contributed by atoms with van der Waals surface area (Å²) in [5, 5.41) is 27.4. The quantitative estimate of drug-likeness (QED) is 0.392. The van der Waals surface area contributed by atoms with Gasteiger partial charge in [0.15, 0.2) is 12.2 Å². The van der Waals surface area contributed by atoms with Crippen LogP contribution < -0.4 is 0 Å². The Morgan fingerprint density at radius 3 is 2.54 bits per heavy atom. The van der Waals surface area contributed by atoms with Gasteiger partial charge in [-0.1, -0.05) is 0 Å². The van der Waals surface area contributed by atoms with Crippen molar-refractivity contribution in [3.8, 4) is 0 Å². The van der Waals surface area contributed by atoms with E-state index >= 15 is 0 Å². The standard InChI is InChI=1S/C7H10O6/c8-1-2-3(9)5-6(12-2)4(10)7(11)13-5/h2-6,8-10H,1H2. The average molecular weight is 190 g/mol. The van der Waals surface area contributed by atoms with Crippen LogP contribution in [0.5, 0.6) is 0 Å². The number of rotatable bonds is 1. The van der Waals surface area contributed by atoms with Crippen molar-refractivity contribution in [3.63, 3.8) is 0 Å². The van der Waals surface area contributed by atoms with E-state index in [-0.39, 0.29) is 6.61 Å². The lowest BCUT2D eigenvalue weighted by Crippen LogP contribution is -2.33. The zero-order valence-corrected chi connectivity index (χ0v) is 6.66. The van der Waals surface area contributed by atoms with Crippen LogP contribution >= 0.6 is 0 Å². The van der Waals surface area contributed by atoms with E-state index in [2.05, 4.69) is 4.74 Å². The van der Waals surface area contributed by atoms with Gasteiger partial charge in [-0.2, -0.15) is 0 Å². The molecular formula is C7H10O6. The second-order valence-electron chi connectivity index (χ2n) is 3.16. The summed E-state index contributed by atoms with van der Waals surface area (Å²) in [6, 6.07) is 0. The maximum Gasteiger partial charge on any atom is 0.338 e. The van der Waals surface area contributed by atoms with Crippen LogP contribution in [-0.4, -0.2) is 58.4 Å². The second-order valence-corrected chi connectivity index (χ2v) is 3.16. The minimum absolute atomic E-state index is 0.363. The zero-order chi connectivity index (χ0) is 9.59. The van der Waals surface area contributed by atoms with Gasteiger partial charge in [0, 0.05) is 0 Å². The Morgan fingerprint density at radius 1 is 1.31 bits per heavy atom. The monoisotopic (exact) mass is 190 g/mol. The highest BCUT2D eigenvalue weighted by atomic mass is 16.6. The van der Waals surface area contributed by atoms with Crippen LogP contribution in [0.25, 0.3) is 0 Å². The molecule has 3 N–H and O–H groups in total. The third kappa shape index (κ3) is 1.14. The summed E-state index contributed by atoms with van der Waals surface area (Å²) in [5.41, 5.74) is 0. The molecule has 0 aromatic heterocycles. The summed E-state index contributed by atoms with van der Waals surface area (Å²) < 4.78 is 9.70. The van der Waals surface area contributed by atoms with Crippen molar-refractivity contribution in [1.29, 1.82) is 0 Å². The smallest absolute Gasteiger partial charge is 0.338 e. The molecule has 5 unspecified atom stereocenters. The van der Waals surface area contributed by atoms with Gasteiger partial charge in [0.25, 0.3) is 0 Å². The number of esters is 1. The molecule has 6 heteroatoms. The van der Waals surface area contributed by atoms with Gasteiger partial charge in [0.1, 0.15) is 18.3 Å². The van der Waals surface area contributed by atoms with Gasteiger partial charge in [0.05, 0.1) is 6.61 Å². The molecule has 0 radical (unpaired) electrons. The molecular weight excluding hydrogens is 180 g/mol.